The SMILES string of the molecule is CCCCCCCCC(CCCCCC)COC(=O)CCCCCCN(CCCCO)CCCCCC(=O)OCC(CCCCCC)CCCCCCCC. The van der Waals surface area contributed by atoms with Gasteiger partial charge in [0.25, 0.3) is 0 Å². The van der Waals surface area contributed by atoms with Crippen LogP contribution in [0.3, 0.4) is 0 Å². The summed E-state index contributed by atoms with van der Waals surface area (Å²) in [6.07, 6.45) is 41.1. The van der Waals surface area contributed by atoms with Gasteiger partial charge < -0.3 is 19.5 Å². The zero-order chi connectivity index (χ0) is 40.3. The summed E-state index contributed by atoms with van der Waals surface area (Å²) in [6, 6.07) is 0. The van der Waals surface area contributed by atoms with E-state index in [1.54, 1.807) is 0 Å². The van der Waals surface area contributed by atoms with E-state index in [0.717, 1.165) is 77.4 Å². The lowest BCUT2D eigenvalue weighted by Gasteiger charge is -2.22. The van der Waals surface area contributed by atoms with Crippen molar-refractivity contribution in [2.75, 3.05) is 39.5 Å². The van der Waals surface area contributed by atoms with Gasteiger partial charge in [0.05, 0.1) is 13.2 Å². The molecule has 0 bridgehead atoms. The number of aliphatic hydroxyl groups is 1. The van der Waals surface area contributed by atoms with E-state index in [1.165, 1.54) is 154 Å². The predicted octanol–water partition coefficient (Wildman–Crippen LogP) is 14.3. The Bertz CT molecular complexity index is 791. The minimum atomic E-state index is -0.0134. The van der Waals surface area contributed by atoms with E-state index < -0.39 is 0 Å². The number of hydrogen-bond donors (Lipinski definition) is 1. The number of unbranched alkanes of at least 4 members (excludes halogenated alkanes) is 22. The second-order valence-electron chi connectivity index (χ2n) is 17.2. The van der Waals surface area contributed by atoms with Crippen molar-refractivity contribution in [1.82, 2.24) is 4.90 Å². The van der Waals surface area contributed by atoms with Crippen molar-refractivity contribution in [1.29, 1.82) is 0 Å². The van der Waals surface area contributed by atoms with Gasteiger partial charge >= 0.3 is 11.9 Å². The first-order valence-corrected chi connectivity index (χ1v) is 24.6. The summed E-state index contributed by atoms with van der Waals surface area (Å²) in [5.41, 5.74) is 0. The Morgan fingerprint density at radius 2 is 0.691 bits per heavy atom. The first kappa shape index (κ1) is 53.9. The van der Waals surface area contributed by atoms with Gasteiger partial charge in [0, 0.05) is 19.4 Å². The Balaban J connectivity index is 4.34. The van der Waals surface area contributed by atoms with Gasteiger partial charge in [-0.2, -0.15) is 0 Å². The van der Waals surface area contributed by atoms with Gasteiger partial charge in [-0.1, -0.05) is 175 Å². The van der Waals surface area contributed by atoms with Crippen LogP contribution in [0, 0.1) is 11.8 Å². The van der Waals surface area contributed by atoms with E-state index in [2.05, 4.69) is 32.6 Å². The summed E-state index contributed by atoms with van der Waals surface area (Å²) < 4.78 is 11.6. The van der Waals surface area contributed by atoms with Crippen molar-refractivity contribution < 1.29 is 24.2 Å². The highest BCUT2D eigenvalue weighted by Crippen LogP contribution is 2.21. The quantitative estimate of drug-likeness (QED) is 0.0490. The molecule has 0 aliphatic heterocycles. The fraction of sp³-hybridized carbons (Fsp3) is 0.959. The molecule has 1 N–H and O–H groups in total. The zero-order valence-electron chi connectivity index (χ0n) is 37.7. The average molecular weight is 780 g/mol. The highest BCUT2D eigenvalue weighted by atomic mass is 16.5. The van der Waals surface area contributed by atoms with Crippen LogP contribution < -0.4 is 0 Å². The molecular weight excluding hydrogens is 683 g/mol. The molecular formula is C49H97NO5. The van der Waals surface area contributed by atoms with Crippen LogP contribution in [0.4, 0.5) is 0 Å². The number of nitrogens with zero attached hydrogens (tertiary/aromatic N) is 1. The normalized spacial score (nSPS) is 12.7. The van der Waals surface area contributed by atoms with Gasteiger partial charge in [-0.25, -0.2) is 0 Å². The van der Waals surface area contributed by atoms with Gasteiger partial charge in [0.15, 0.2) is 0 Å². The summed E-state index contributed by atoms with van der Waals surface area (Å²) in [4.78, 5) is 27.8. The molecule has 0 radical (unpaired) electrons. The van der Waals surface area contributed by atoms with Gasteiger partial charge in [-0.15, -0.1) is 0 Å². The van der Waals surface area contributed by atoms with Gasteiger partial charge in [-0.3, -0.25) is 9.59 Å². The summed E-state index contributed by atoms with van der Waals surface area (Å²) in [6.45, 7) is 13.7. The molecule has 0 amide bonds. The third kappa shape index (κ3) is 39.5. The van der Waals surface area contributed by atoms with Crippen LogP contribution in [-0.4, -0.2) is 61.4 Å². The first-order valence-electron chi connectivity index (χ1n) is 24.6. The molecule has 2 unspecified atom stereocenters. The maximum Gasteiger partial charge on any atom is 0.305 e. The van der Waals surface area contributed by atoms with E-state index in [0.29, 0.717) is 37.9 Å². The second-order valence-corrected chi connectivity index (χ2v) is 17.2. The Kier molecular flexibility index (Phi) is 43.1. The molecule has 0 fully saturated rings. The molecule has 0 aromatic rings. The minimum Gasteiger partial charge on any atom is -0.465 e. The smallest absolute Gasteiger partial charge is 0.305 e. The van der Waals surface area contributed by atoms with Crippen molar-refractivity contribution in [3.63, 3.8) is 0 Å². The minimum absolute atomic E-state index is 0.00796. The molecule has 0 spiro atoms. The summed E-state index contributed by atoms with van der Waals surface area (Å²) in [5.74, 6) is 1.03. The lowest BCUT2D eigenvalue weighted by Crippen LogP contribution is -2.27. The molecule has 2 atom stereocenters. The zero-order valence-corrected chi connectivity index (χ0v) is 37.7. The third-order valence-electron chi connectivity index (χ3n) is 11.7. The van der Waals surface area contributed by atoms with Crippen LogP contribution in [0.2, 0.25) is 0 Å². The fourth-order valence-corrected chi connectivity index (χ4v) is 7.86. The molecule has 6 nitrogen and oxygen atoms in total. The van der Waals surface area contributed by atoms with Crippen molar-refractivity contribution in [2.24, 2.45) is 11.8 Å². The molecule has 6 heteroatoms. The second kappa shape index (κ2) is 44.0. The van der Waals surface area contributed by atoms with E-state index >= 15 is 0 Å². The van der Waals surface area contributed by atoms with Gasteiger partial charge in [0.1, 0.15) is 0 Å². The topological polar surface area (TPSA) is 76.1 Å². The summed E-state index contributed by atoms with van der Waals surface area (Å²) in [5, 5.41) is 9.32. The van der Waals surface area contributed by atoms with Gasteiger partial charge in [-0.05, 0) is 95.7 Å². The van der Waals surface area contributed by atoms with Gasteiger partial charge in [0.2, 0.25) is 0 Å². The Labute approximate surface area is 343 Å². The molecule has 0 aliphatic carbocycles. The number of hydrogen-bond acceptors (Lipinski definition) is 6. The molecule has 0 heterocycles. The number of esters is 2. The average Bonchev–Trinajstić information content (AvgIpc) is 3.19. The molecule has 55 heavy (non-hydrogen) atoms. The molecule has 0 saturated heterocycles. The Morgan fingerprint density at radius 3 is 1.07 bits per heavy atom. The lowest BCUT2D eigenvalue weighted by molar-refractivity contribution is -0.146. The highest BCUT2D eigenvalue weighted by molar-refractivity contribution is 5.69. The molecule has 328 valence electrons. The highest BCUT2D eigenvalue weighted by Gasteiger charge is 2.14. The molecule has 0 aliphatic rings. The van der Waals surface area contributed by atoms with Crippen molar-refractivity contribution in [3.8, 4) is 0 Å². The van der Waals surface area contributed by atoms with Crippen molar-refractivity contribution in [3.05, 3.63) is 0 Å². The van der Waals surface area contributed by atoms with Crippen LogP contribution >= 0.6 is 0 Å². The van der Waals surface area contributed by atoms with Crippen LogP contribution in [0.15, 0.2) is 0 Å². The summed E-state index contributed by atoms with van der Waals surface area (Å²) >= 11 is 0. The maximum atomic E-state index is 12.6. The molecule has 0 aromatic carbocycles. The molecule has 0 aromatic heterocycles. The first-order chi connectivity index (χ1) is 27.0. The Hall–Kier alpha value is -1.14. The van der Waals surface area contributed by atoms with E-state index in [1.807, 2.05) is 0 Å². The number of ether oxygens (including phenoxy) is 2. The van der Waals surface area contributed by atoms with Crippen LogP contribution in [0.5, 0.6) is 0 Å². The largest absolute Gasteiger partial charge is 0.465 e. The van der Waals surface area contributed by atoms with Crippen molar-refractivity contribution in [2.45, 2.75) is 252 Å². The number of aliphatic hydroxyl groups excluding tert-OH is 1. The lowest BCUT2D eigenvalue weighted by atomic mass is 9.95. The molecule has 0 rings (SSSR count). The van der Waals surface area contributed by atoms with Crippen LogP contribution in [-0.2, 0) is 19.1 Å². The van der Waals surface area contributed by atoms with Crippen molar-refractivity contribution >= 4 is 11.9 Å². The maximum absolute atomic E-state index is 12.6. The number of carbonyl (C=O) groups is 2. The number of rotatable bonds is 45. The number of carbonyl (C=O) groups excluding carboxylic acids is 2. The standard InChI is InChI=1S/C49H97NO5/c1-5-9-13-17-19-26-36-46(34-24-15-11-7-3)44-54-48(52)38-28-21-22-30-40-50(42-32-33-43-51)41-31-23-29-39-49(53)55-45-47(35-25-16-12-8-4)37-27-20-18-14-10-6-2/h46-47,51H,5-45H2,1-4H3. The Morgan fingerprint density at radius 1 is 0.400 bits per heavy atom. The predicted molar refractivity (Wildman–Crippen MR) is 237 cm³/mol. The van der Waals surface area contributed by atoms with Crippen LogP contribution in [0.25, 0.3) is 0 Å². The van der Waals surface area contributed by atoms with E-state index in [-0.39, 0.29) is 18.5 Å². The van der Waals surface area contributed by atoms with E-state index in [9.17, 15) is 14.7 Å². The fourth-order valence-electron chi connectivity index (χ4n) is 7.86. The van der Waals surface area contributed by atoms with E-state index in [4.69, 9.17) is 9.47 Å². The van der Waals surface area contributed by atoms with Crippen LogP contribution in [0.1, 0.15) is 252 Å². The third-order valence-corrected chi connectivity index (χ3v) is 11.7. The monoisotopic (exact) mass is 780 g/mol. The summed E-state index contributed by atoms with van der Waals surface area (Å²) in [7, 11) is 0. The molecule has 0 saturated carbocycles.